The summed E-state index contributed by atoms with van der Waals surface area (Å²) in [6, 6.07) is 0. The summed E-state index contributed by atoms with van der Waals surface area (Å²) in [6.07, 6.45) is 0.858. The van der Waals surface area contributed by atoms with Crippen molar-refractivity contribution < 1.29 is 4.74 Å². The second-order valence-corrected chi connectivity index (χ2v) is 3.03. The van der Waals surface area contributed by atoms with Gasteiger partial charge in [0.1, 0.15) is 0 Å². The molecular weight excluding hydrogens is 170 g/mol. The Morgan fingerprint density at radius 3 is 2.92 bits per heavy atom. The number of aromatic nitrogens is 4. The van der Waals surface area contributed by atoms with Crippen molar-refractivity contribution in [2.45, 2.75) is 6.42 Å². The fourth-order valence-electron chi connectivity index (χ4n) is 1.37. The van der Waals surface area contributed by atoms with Crippen LogP contribution in [0.2, 0.25) is 0 Å². The van der Waals surface area contributed by atoms with Crippen LogP contribution in [0.15, 0.2) is 0 Å². The molecule has 1 saturated heterocycles. The molecule has 0 amide bonds. The lowest BCUT2D eigenvalue weighted by atomic mass is 10.3. The van der Waals surface area contributed by atoms with E-state index in [1.54, 1.807) is 0 Å². The molecule has 1 aliphatic heterocycles. The molecule has 1 N–H and O–H groups in total. The monoisotopic (exact) mass is 183 g/mol. The number of ether oxygens (including phenoxy) is 1. The Labute approximate surface area is 76.3 Å². The zero-order chi connectivity index (χ0) is 8.93. The second-order valence-electron chi connectivity index (χ2n) is 3.03. The van der Waals surface area contributed by atoms with Gasteiger partial charge in [0.2, 0.25) is 0 Å². The van der Waals surface area contributed by atoms with Gasteiger partial charge in [0, 0.05) is 26.1 Å². The minimum absolute atomic E-state index is 0.784. The molecule has 1 fully saturated rings. The topological polar surface area (TPSA) is 66.9 Å². The number of morpholine rings is 1. The number of nitrogens with one attached hydrogen (secondary N) is 1. The number of aromatic amines is 1. The summed E-state index contributed by atoms with van der Waals surface area (Å²) in [5.41, 5.74) is 0. The van der Waals surface area contributed by atoms with Crippen LogP contribution in [0.5, 0.6) is 0 Å². The first-order valence-corrected chi connectivity index (χ1v) is 4.47. The number of hydrogen-bond donors (Lipinski definition) is 1. The smallest absolute Gasteiger partial charge is 0.175 e. The Kier molecular flexibility index (Phi) is 2.83. The highest BCUT2D eigenvalue weighted by molar-refractivity contribution is 4.78. The van der Waals surface area contributed by atoms with Crippen molar-refractivity contribution >= 4 is 0 Å². The highest BCUT2D eigenvalue weighted by atomic mass is 16.5. The normalized spacial score (nSPS) is 19.1. The predicted molar refractivity (Wildman–Crippen MR) is 45.1 cm³/mol. The molecule has 0 unspecified atom stereocenters. The summed E-state index contributed by atoms with van der Waals surface area (Å²) in [4.78, 5) is 2.35. The van der Waals surface area contributed by atoms with Gasteiger partial charge in [-0.25, -0.2) is 0 Å². The Morgan fingerprint density at radius 2 is 2.23 bits per heavy atom. The van der Waals surface area contributed by atoms with Crippen molar-refractivity contribution in [2.75, 3.05) is 32.8 Å². The van der Waals surface area contributed by atoms with Crippen LogP contribution in [0.4, 0.5) is 0 Å². The summed E-state index contributed by atoms with van der Waals surface area (Å²) in [6.45, 7) is 4.69. The number of H-pyrrole nitrogens is 1. The minimum Gasteiger partial charge on any atom is -0.379 e. The summed E-state index contributed by atoms with van der Waals surface area (Å²) in [5, 5.41) is 13.7. The molecule has 0 spiro atoms. The van der Waals surface area contributed by atoms with Gasteiger partial charge in [-0.3, -0.25) is 4.90 Å². The van der Waals surface area contributed by atoms with E-state index in [0.717, 1.165) is 45.1 Å². The van der Waals surface area contributed by atoms with Crippen molar-refractivity contribution in [1.29, 1.82) is 0 Å². The molecule has 2 heterocycles. The summed E-state index contributed by atoms with van der Waals surface area (Å²) < 4.78 is 5.25. The van der Waals surface area contributed by atoms with Crippen LogP contribution < -0.4 is 0 Å². The Balaban J connectivity index is 1.72. The first kappa shape index (κ1) is 8.58. The molecule has 2 rings (SSSR count). The SMILES string of the molecule is C1CN(CCc2nn[nH]n2)CCO1. The van der Waals surface area contributed by atoms with Gasteiger partial charge in [0.05, 0.1) is 13.2 Å². The molecule has 6 nitrogen and oxygen atoms in total. The first-order chi connectivity index (χ1) is 6.45. The van der Waals surface area contributed by atoms with E-state index in [0.29, 0.717) is 0 Å². The molecule has 1 aromatic rings. The van der Waals surface area contributed by atoms with Gasteiger partial charge in [-0.15, -0.1) is 10.2 Å². The van der Waals surface area contributed by atoms with Crippen molar-refractivity contribution in [3.8, 4) is 0 Å². The van der Waals surface area contributed by atoms with E-state index in [4.69, 9.17) is 4.74 Å². The molecule has 1 aromatic heterocycles. The van der Waals surface area contributed by atoms with Gasteiger partial charge in [0.15, 0.2) is 5.82 Å². The molecule has 0 bridgehead atoms. The lowest BCUT2D eigenvalue weighted by Crippen LogP contribution is -2.37. The van der Waals surface area contributed by atoms with Crippen LogP contribution in [-0.4, -0.2) is 58.4 Å². The van der Waals surface area contributed by atoms with Gasteiger partial charge in [-0.05, 0) is 0 Å². The molecule has 0 radical (unpaired) electrons. The number of rotatable bonds is 3. The standard InChI is InChI=1S/C7H13N5O/c1(7-8-10-11-9-7)2-12-3-5-13-6-4-12/h1-6H2,(H,8,9,10,11). The highest BCUT2D eigenvalue weighted by Crippen LogP contribution is 1.98. The van der Waals surface area contributed by atoms with Crippen LogP contribution in [-0.2, 0) is 11.2 Å². The van der Waals surface area contributed by atoms with E-state index < -0.39 is 0 Å². The molecule has 0 aliphatic carbocycles. The number of tetrazole rings is 1. The van der Waals surface area contributed by atoms with Crippen molar-refractivity contribution in [1.82, 2.24) is 25.5 Å². The van der Waals surface area contributed by atoms with E-state index in [2.05, 4.69) is 25.5 Å². The van der Waals surface area contributed by atoms with Crippen LogP contribution >= 0.6 is 0 Å². The Morgan fingerprint density at radius 1 is 1.38 bits per heavy atom. The number of hydrogen-bond acceptors (Lipinski definition) is 5. The third-order valence-electron chi connectivity index (χ3n) is 2.14. The summed E-state index contributed by atoms with van der Waals surface area (Å²) in [5.74, 6) is 0.784. The zero-order valence-corrected chi connectivity index (χ0v) is 7.44. The molecule has 0 aromatic carbocycles. The molecule has 72 valence electrons. The lowest BCUT2D eigenvalue weighted by molar-refractivity contribution is 0.0382. The zero-order valence-electron chi connectivity index (χ0n) is 7.44. The fraction of sp³-hybridized carbons (Fsp3) is 0.857. The van der Waals surface area contributed by atoms with Crippen molar-refractivity contribution in [2.24, 2.45) is 0 Å². The van der Waals surface area contributed by atoms with E-state index in [1.807, 2.05) is 0 Å². The van der Waals surface area contributed by atoms with Crippen LogP contribution in [0, 0.1) is 0 Å². The quantitative estimate of drug-likeness (QED) is 0.656. The second kappa shape index (κ2) is 4.29. The van der Waals surface area contributed by atoms with Gasteiger partial charge >= 0.3 is 0 Å². The third kappa shape index (κ3) is 2.46. The first-order valence-electron chi connectivity index (χ1n) is 4.47. The lowest BCUT2D eigenvalue weighted by Gasteiger charge is -2.25. The average molecular weight is 183 g/mol. The van der Waals surface area contributed by atoms with E-state index >= 15 is 0 Å². The maximum atomic E-state index is 5.25. The molecule has 0 saturated carbocycles. The van der Waals surface area contributed by atoms with Crippen molar-refractivity contribution in [3.05, 3.63) is 5.82 Å². The van der Waals surface area contributed by atoms with Crippen LogP contribution in [0.3, 0.4) is 0 Å². The molecular formula is C7H13N5O. The number of nitrogens with zero attached hydrogens (tertiary/aromatic N) is 4. The highest BCUT2D eigenvalue weighted by Gasteiger charge is 2.10. The maximum Gasteiger partial charge on any atom is 0.175 e. The maximum absolute atomic E-state index is 5.25. The third-order valence-corrected chi connectivity index (χ3v) is 2.14. The molecule has 0 atom stereocenters. The Hall–Kier alpha value is -1.01. The minimum atomic E-state index is 0.784. The van der Waals surface area contributed by atoms with E-state index in [9.17, 15) is 0 Å². The van der Waals surface area contributed by atoms with Crippen LogP contribution in [0.25, 0.3) is 0 Å². The molecule has 6 heteroatoms. The van der Waals surface area contributed by atoms with Crippen molar-refractivity contribution in [3.63, 3.8) is 0 Å². The fourth-order valence-corrected chi connectivity index (χ4v) is 1.37. The predicted octanol–water partition coefficient (Wildman–Crippen LogP) is -0.926. The summed E-state index contributed by atoms with van der Waals surface area (Å²) in [7, 11) is 0. The Bertz CT molecular complexity index is 231. The largest absolute Gasteiger partial charge is 0.379 e. The van der Waals surface area contributed by atoms with Gasteiger partial charge < -0.3 is 4.74 Å². The van der Waals surface area contributed by atoms with Gasteiger partial charge in [-0.1, -0.05) is 5.21 Å². The van der Waals surface area contributed by atoms with E-state index in [1.165, 1.54) is 0 Å². The molecule has 1 aliphatic rings. The van der Waals surface area contributed by atoms with E-state index in [-0.39, 0.29) is 0 Å². The molecule has 13 heavy (non-hydrogen) atoms. The van der Waals surface area contributed by atoms with Gasteiger partial charge in [-0.2, -0.15) is 5.21 Å². The van der Waals surface area contributed by atoms with Crippen LogP contribution in [0.1, 0.15) is 5.82 Å². The average Bonchev–Trinajstić information content (AvgIpc) is 2.69. The van der Waals surface area contributed by atoms with Gasteiger partial charge in [0.25, 0.3) is 0 Å². The summed E-state index contributed by atoms with van der Waals surface area (Å²) >= 11 is 0.